The normalized spacial score (nSPS) is 11.6. The van der Waals surface area contributed by atoms with Crippen molar-refractivity contribution >= 4 is 32.2 Å². The second kappa shape index (κ2) is 7.30. The van der Waals surface area contributed by atoms with E-state index >= 15 is 0 Å². The van der Waals surface area contributed by atoms with Gasteiger partial charge in [0.1, 0.15) is 17.5 Å². The number of benzene rings is 1. The van der Waals surface area contributed by atoms with E-state index in [2.05, 4.69) is 20.3 Å². The molecule has 3 aromatic heterocycles. The zero-order valence-corrected chi connectivity index (χ0v) is 16.3. The maximum Gasteiger partial charge on any atom is 0.259 e. The third-order valence-corrected chi connectivity index (χ3v) is 5.47. The number of aromatic nitrogens is 3. The number of rotatable bonds is 4. The van der Waals surface area contributed by atoms with Gasteiger partial charge >= 0.3 is 0 Å². The van der Waals surface area contributed by atoms with Gasteiger partial charge in [0.15, 0.2) is 9.84 Å². The maximum atomic E-state index is 14.3. The first-order valence-corrected chi connectivity index (χ1v) is 10.5. The number of halogens is 2. The van der Waals surface area contributed by atoms with Crippen molar-refractivity contribution in [3.05, 3.63) is 76.8 Å². The van der Waals surface area contributed by atoms with Gasteiger partial charge in [0, 0.05) is 18.6 Å². The molecule has 3 heterocycles. The van der Waals surface area contributed by atoms with Gasteiger partial charge < -0.3 is 10.3 Å². The van der Waals surface area contributed by atoms with Gasteiger partial charge in [0.25, 0.3) is 5.56 Å². The summed E-state index contributed by atoms with van der Waals surface area (Å²) in [6.07, 6.45) is 3.60. The molecule has 0 saturated carbocycles. The molecule has 0 fully saturated rings. The van der Waals surface area contributed by atoms with Crippen LogP contribution in [0.1, 0.15) is 0 Å². The molecule has 0 amide bonds. The summed E-state index contributed by atoms with van der Waals surface area (Å²) in [6.45, 7) is 0. The van der Waals surface area contributed by atoms with Crippen molar-refractivity contribution in [3.63, 3.8) is 0 Å². The molecule has 0 spiro atoms. The van der Waals surface area contributed by atoms with Crippen LogP contribution < -0.4 is 10.9 Å². The minimum absolute atomic E-state index is 0.0149. The molecule has 0 bridgehead atoms. The standard InChI is InChI=1S/C20H14F2N4O3S/c1-30(28,29)11-5-6-17(24-10-11)26-16-9-15(18-12(21)3-2-4-13(18)22)25-14-7-8-23-20(27)19(14)16/h2-10H,1H3,(H,23,27)(H,24,25,26). The lowest BCUT2D eigenvalue weighted by Crippen LogP contribution is -2.09. The second-order valence-corrected chi connectivity index (χ2v) is 8.51. The van der Waals surface area contributed by atoms with Crippen LogP contribution in [0.2, 0.25) is 0 Å². The molecule has 0 atom stereocenters. The number of nitrogens with one attached hydrogen (secondary N) is 2. The highest BCUT2D eigenvalue weighted by atomic mass is 32.2. The van der Waals surface area contributed by atoms with Crippen LogP contribution in [0.15, 0.2) is 64.5 Å². The summed E-state index contributed by atoms with van der Waals surface area (Å²) in [5.74, 6) is -1.36. The van der Waals surface area contributed by atoms with E-state index in [1.807, 2.05) is 0 Å². The Morgan fingerprint density at radius 1 is 1.07 bits per heavy atom. The van der Waals surface area contributed by atoms with Crippen molar-refractivity contribution in [1.29, 1.82) is 0 Å². The molecule has 10 heteroatoms. The van der Waals surface area contributed by atoms with Crippen LogP contribution in [0.25, 0.3) is 22.2 Å². The monoisotopic (exact) mass is 428 g/mol. The first kappa shape index (κ1) is 19.6. The summed E-state index contributed by atoms with van der Waals surface area (Å²) >= 11 is 0. The van der Waals surface area contributed by atoms with Gasteiger partial charge in [-0.2, -0.15) is 0 Å². The minimum Gasteiger partial charge on any atom is -0.339 e. The number of fused-ring (bicyclic) bond motifs is 1. The van der Waals surface area contributed by atoms with Gasteiger partial charge in [-0.3, -0.25) is 4.79 Å². The topological polar surface area (TPSA) is 105 Å². The van der Waals surface area contributed by atoms with E-state index in [1.165, 1.54) is 42.7 Å². The molecule has 30 heavy (non-hydrogen) atoms. The minimum atomic E-state index is -3.42. The van der Waals surface area contributed by atoms with E-state index in [-0.39, 0.29) is 38.6 Å². The highest BCUT2D eigenvalue weighted by Gasteiger charge is 2.17. The Morgan fingerprint density at radius 3 is 2.43 bits per heavy atom. The van der Waals surface area contributed by atoms with Crippen molar-refractivity contribution in [2.45, 2.75) is 4.90 Å². The highest BCUT2D eigenvalue weighted by molar-refractivity contribution is 7.90. The van der Waals surface area contributed by atoms with Gasteiger partial charge in [-0.1, -0.05) is 6.07 Å². The Hall–Kier alpha value is -3.66. The zero-order valence-electron chi connectivity index (χ0n) is 15.5. The number of H-pyrrole nitrogens is 1. The fourth-order valence-corrected chi connectivity index (χ4v) is 3.53. The lowest BCUT2D eigenvalue weighted by atomic mass is 10.1. The van der Waals surface area contributed by atoms with E-state index in [9.17, 15) is 22.0 Å². The molecule has 1 aromatic carbocycles. The smallest absolute Gasteiger partial charge is 0.259 e. The summed E-state index contributed by atoms with van der Waals surface area (Å²) in [5, 5.41) is 3.06. The van der Waals surface area contributed by atoms with Gasteiger partial charge in [-0.25, -0.2) is 27.2 Å². The fourth-order valence-electron chi connectivity index (χ4n) is 2.97. The van der Waals surface area contributed by atoms with Crippen molar-refractivity contribution in [1.82, 2.24) is 15.0 Å². The number of aromatic amines is 1. The lowest BCUT2D eigenvalue weighted by molar-refractivity contribution is 0.588. The van der Waals surface area contributed by atoms with E-state index in [4.69, 9.17) is 0 Å². The molecule has 2 N–H and O–H groups in total. The lowest BCUT2D eigenvalue weighted by Gasteiger charge is -2.12. The molecule has 0 aliphatic heterocycles. The molecular formula is C20H14F2N4O3S. The van der Waals surface area contributed by atoms with Gasteiger partial charge in [-0.05, 0) is 36.4 Å². The Morgan fingerprint density at radius 2 is 1.80 bits per heavy atom. The number of pyridine rings is 3. The largest absolute Gasteiger partial charge is 0.339 e. The first-order valence-electron chi connectivity index (χ1n) is 8.64. The predicted octanol–water partition coefficient (Wildman–Crippen LogP) is 3.41. The number of hydrogen-bond donors (Lipinski definition) is 2. The molecule has 4 aromatic rings. The van der Waals surface area contributed by atoms with Crippen LogP contribution in [0.3, 0.4) is 0 Å². The van der Waals surface area contributed by atoms with E-state index in [1.54, 1.807) is 0 Å². The van der Waals surface area contributed by atoms with E-state index < -0.39 is 27.0 Å². The number of anilines is 2. The first-order chi connectivity index (χ1) is 14.2. The highest BCUT2D eigenvalue weighted by Crippen LogP contribution is 2.31. The Bertz CT molecular complexity index is 1410. The van der Waals surface area contributed by atoms with Crippen LogP contribution in [0.4, 0.5) is 20.3 Å². The van der Waals surface area contributed by atoms with Crippen molar-refractivity contribution < 1.29 is 17.2 Å². The van der Waals surface area contributed by atoms with E-state index in [0.29, 0.717) is 0 Å². The molecule has 0 aliphatic carbocycles. The summed E-state index contributed by atoms with van der Waals surface area (Å²) in [7, 11) is -3.42. The summed E-state index contributed by atoms with van der Waals surface area (Å²) < 4.78 is 51.8. The summed E-state index contributed by atoms with van der Waals surface area (Å²) in [6, 6.07) is 9.09. The number of nitrogens with zero attached hydrogens (tertiary/aromatic N) is 2. The van der Waals surface area contributed by atoms with Crippen LogP contribution in [-0.4, -0.2) is 29.6 Å². The molecule has 4 rings (SSSR count). The zero-order chi connectivity index (χ0) is 21.5. The van der Waals surface area contributed by atoms with Gasteiger partial charge in [0.2, 0.25) is 0 Å². The van der Waals surface area contributed by atoms with Crippen LogP contribution >= 0.6 is 0 Å². The Kier molecular flexibility index (Phi) is 4.78. The third-order valence-electron chi connectivity index (χ3n) is 4.38. The fraction of sp³-hybridized carbons (Fsp3) is 0.0500. The third kappa shape index (κ3) is 3.64. The predicted molar refractivity (Wildman–Crippen MR) is 108 cm³/mol. The number of sulfone groups is 1. The maximum absolute atomic E-state index is 14.3. The molecule has 0 saturated heterocycles. The van der Waals surface area contributed by atoms with Gasteiger partial charge in [-0.15, -0.1) is 0 Å². The van der Waals surface area contributed by atoms with Gasteiger partial charge in [0.05, 0.1) is 32.7 Å². The van der Waals surface area contributed by atoms with E-state index in [0.717, 1.165) is 18.4 Å². The average molecular weight is 428 g/mol. The van der Waals surface area contributed by atoms with Crippen LogP contribution in [-0.2, 0) is 9.84 Å². The van der Waals surface area contributed by atoms with Crippen molar-refractivity contribution in [2.24, 2.45) is 0 Å². The average Bonchev–Trinajstić information content (AvgIpc) is 2.67. The molecular weight excluding hydrogens is 414 g/mol. The molecule has 152 valence electrons. The molecule has 0 aliphatic rings. The summed E-state index contributed by atoms with van der Waals surface area (Å²) in [4.78, 5) is 23.2. The number of hydrogen-bond acceptors (Lipinski definition) is 6. The van der Waals surface area contributed by atoms with Crippen molar-refractivity contribution in [3.8, 4) is 11.3 Å². The van der Waals surface area contributed by atoms with Crippen LogP contribution in [0.5, 0.6) is 0 Å². The SMILES string of the molecule is CS(=O)(=O)c1ccc(Nc2cc(-c3c(F)cccc3F)nc3cc[nH]c(=O)c23)nc1. The summed E-state index contributed by atoms with van der Waals surface area (Å²) in [5.41, 5.74) is -0.383. The van der Waals surface area contributed by atoms with Crippen molar-refractivity contribution in [2.75, 3.05) is 11.6 Å². The molecule has 0 unspecified atom stereocenters. The Labute approximate surface area is 169 Å². The van der Waals surface area contributed by atoms with Crippen LogP contribution in [0, 0.1) is 11.6 Å². The molecule has 7 nitrogen and oxygen atoms in total. The quantitative estimate of drug-likeness (QED) is 0.516. The Balaban J connectivity index is 1.89. The molecule has 0 radical (unpaired) electrons. The second-order valence-electron chi connectivity index (χ2n) is 6.50.